The number of carbonyl (C=O) groups is 1. The van der Waals surface area contributed by atoms with E-state index in [9.17, 15) is 15.0 Å². The summed E-state index contributed by atoms with van der Waals surface area (Å²) in [7, 11) is 0. The molecule has 7 nitrogen and oxygen atoms in total. The molecule has 1 heterocycles. The Labute approximate surface area is 229 Å². The molecular weight excluding hydrogens is 478 g/mol. The maximum Gasteiger partial charge on any atom is 0.250 e. The van der Waals surface area contributed by atoms with Crippen LogP contribution in [0.15, 0.2) is 34.9 Å². The van der Waals surface area contributed by atoms with E-state index in [4.69, 9.17) is 4.52 Å². The molecule has 0 radical (unpaired) electrons. The van der Waals surface area contributed by atoms with Gasteiger partial charge in [-0.2, -0.15) is 4.98 Å². The SMILES string of the molecule is CCCCCCCCCCCCCC[C@H](CC(O)O)C(=O)N[C@H](c1nc(-c2ccccc2)no1)C(C)(C)C. The molecule has 2 aromatic rings. The van der Waals surface area contributed by atoms with Crippen LogP contribution in [-0.4, -0.2) is 32.6 Å². The fourth-order valence-corrected chi connectivity index (χ4v) is 4.81. The standard InChI is InChI=1S/C31H51N3O4/c1-5-6-7-8-9-10-11-12-13-14-15-17-22-25(23-26(35)36)29(37)32-27(31(2,3)4)30-33-28(34-38-30)24-20-18-16-19-21-24/h16,18-21,25-27,35-36H,5-15,17,22-23H2,1-4H3,(H,32,37)/t25-,27-/m1/s1. The lowest BCUT2D eigenvalue weighted by atomic mass is 9.85. The first kappa shape index (κ1) is 32.0. The molecule has 1 aromatic carbocycles. The highest BCUT2D eigenvalue weighted by Crippen LogP contribution is 2.33. The summed E-state index contributed by atoms with van der Waals surface area (Å²) >= 11 is 0. The number of aliphatic hydroxyl groups excluding tert-OH is 1. The maximum atomic E-state index is 13.3. The molecule has 0 spiro atoms. The number of carbonyl (C=O) groups excluding carboxylic acids is 1. The fraction of sp³-hybridized carbons (Fsp3) is 0.710. The summed E-state index contributed by atoms with van der Waals surface area (Å²) in [4.78, 5) is 17.9. The van der Waals surface area contributed by atoms with Gasteiger partial charge in [0.2, 0.25) is 17.6 Å². The minimum atomic E-state index is -1.52. The van der Waals surface area contributed by atoms with Gasteiger partial charge >= 0.3 is 0 Å². The van der Waals surface area contributed by atoms with Crippen molar-refractivity contribution < 1.29 is 19.5 Å². The number of hydrogen-bond acceptors (Lipinski definition) is 6. The van der Waals surface area contributed by atoms with Crippen molar-refractivity contribution in [2.24, 2.45) is 11.3 Å². The van der Waals surface area contributed by atoms with Crippen LogP contribution in [0.4, 0.5) is 0 Å². The summed E-state index contributed by atoms with van der Waals surface area (Å²) in [6.45, 7) is 8.27. The molecule has 0 unspecified atom stereocenters. The van der Waals surface area contributed by atoms with E-state index in [0.717, 1.165) is 24.8 Å². The lowest BCUT2D eigenvalue weighted by Gasteiger charge is -2.30. The molecule has 0 saturated carbocycles. The van der Waals surface area contributed by atoms with Crippen LogP contribution >= 0.6 is 0 Å². The van der Waals surface area contributed by atoms with Gasteiger partial charge in [-0.15, -0.1) is 0 Å². The van der Waals surface area contributed by atoms with Crippen molar-refractivity contribution in [3.8, 4) is 11.4 Å². The highest BCUT2D eigenvalue weighted by molar-refractivity contribution is 5.79. The molecular formula is C31H51N3O4. The van der Waals surface area contributed by atoms with Crippen molar-refractivity contribution in [2.45, 2.75) is 130 Å². The van der Waals surface area contributed by atoms with Crippen molar-refractivity contribution in [1.82, 2.24) is 15.5 Å². The van der Waals surface area contributed by atoms with Crippen LogP contribution < -0.4 is 5.32 Å². The van der Waals surface area contributed by atoms with Gasteiger partial charge < -0.3 is 20.1 Å². The fourth-order valence-electron chi connectivity index (χ4n) is 4.81. The van der Waals surface area contributed by atoms with Crippen molar-refractivity contribution in [2.75, 3.05) is 0 Å². The van der Waals surface area contributed by atoms with E-state index in [1.54, 1.807) is 0 Å². The Bertz CT molecular complexity index is 892. The predicted octanol–water partition coefficient (Wildman–Crippen LogP) is 7.35. The highest BCUT2D eigenvalue weighted by Gasteiger charge is 2.35. The molecule has 1 amide bonds. The molecule has 0 aliphatic rings. The Morgan fingerprint density at radius 3 is 1.97 bits per heavy atom. The number of nitrogens with zero attached hydrogens (tertiary/aromatic N) is 2. The van der Waals surface area contributed by atoms with E-state index >= 15 is 0 Å². The Morgan fingerprint density at radius 2 is 1.45 bits per heavy atom. The predicted molar refractivity (Wildman–Crippen MR) is 152 cm³/mol. The van der Waals surface area contributed by atoms with Crippen molar-refractivity contribution in [3.05, 3.63) is 36.2 Å². The molecule has 38 heavy (non-hydrogen) atoms. The third-order valence-electron chi connectivity index (χ3n) is 7.15. The van der Waals surface area contributed by atoms with Gasteiger partial charge in [-0.1, -0.05) is 140 Å². The minimum Gasteiger partial charge on any atom is -0.368 e. The number of unbranched alkanes of at least 4 members (excludes halogenated alkanes) is 11. The van der Waals surface area contributed by atoms with E-state index in [1.807, 2.05) is 51.1 Å². The Morgan fingerprint density at radius 1 is 0.895 bits per heavy atom. The summed E-state index contributed by atoms with van der Waals surface area (Å²) in [5.41, 5.74) is 0.462. The smallest absolute Gasteiger partial charge is 0.250 e. The van der Waals surface area contributed by atoms with E-state index in [1.165, 1.54) is 57.8 Å². The molecule has 2 atom stereocenters. The Balaban J connectivity index is 1.84. The number of hydrogen-bond donors (Lipinski definition) is 3. The molecule has 2 rings (SSSR count). The third-order valence-corrected chi connectivity index (χ3v) is 7.15. The van der Waals surface area contributed by atoms with Crippen molar-refractivity contribution in [1.29, 1.82) is 0 Å². The number of amides is 1. The van der Waals surface area contributed by atoms with E-state index < -0.39 is 18.2 Å². The zero-order valence-electron chi connectivity index (χ0n) is 24.1. The van der Waals surface area contributed by atoms with Crippen LogP contribution in [0.2, 0.25) is 0 Å². The summed E-state index contributed by atoms with van der Waals surface area (Å²) < 4.78 is 5.57. The second kappa shape index (κ2) is 17.4. The van der Waals surface area contributed by atoms with Crippen LogP contribution in [0.5, 0.6) is 0 Å². The van der Waals surface area contributed by atoms with Crippen LogP contribution in [0.25, 0.3) is 11.4 Å². The first-order valence-electron chi connectivity index (χ1n) is 14.8. The Kier molecular flexibility index (Phi) is 14.6. The second-order valence-corrected chi connectivity index (χ2v) is 11.7. The topological polar surface area (TPSA) is 108 Å². The number of benzene rings is 1. The van der Waals surface area contributed by atoms with Crippen molar-refractivity contribution in [3.63, 3.8) is 0 Å². The van der Waals surface area contributed by atoms with E-state index in [0.29, 0.717) is 18.1 Å². The first-order chi connectivity index (χ1) is 18.2. The quantitative estimate of drug-likeness (QED) is 0.130. The molecule has 7 heteroatoms. The number of rotatable bonds is 19. The van der Waals surface area contributed by atoms with E-state index in [2.05, 4.69) is 22.4 Å². The van der Waals surface area contributed by atoms with Gasteiger partial charge in [-0.05, 0) is 11.8 Å². The summed E-state index contributed by atoms with van der Waals surface area (Å²) in [5.74, 6) is 0.126. The average molecular weight is 530 g/mol. The molecule has 1 aromatic heterocycles. The lowest BCUT2D eigenvalue weighted by Crippen LogP contribution is -2.41. The summed E-state index contributed by atoms with van der Waals surface area (Å²) in [5, 5.41) is 26.5. The van der Waals surface area contributed by atoms with Gasteiger partial charge in [-0.25, -0.2) is 0 Å². The third kappa shape index (κ3) is 12.1. The van der Waals surface area contributed by atoms with Gasteiger partial charge in [0.05, 0.1) is 0 Å². The zero-order valence-corrected chi connectivity index (χ0v) is 24.1. The van der Waals surface area contributed by atoms with Crippen LogP contribution in [0.1, 0.15) is 130 Å². The lowest BCUT2D eigenvalue weighted by molar-refractivity contribution is -0.131. The number of aliphatic hydroxyl groups is 2. The highest BCUT2D eigenvalue weighted by atomic mass is 16.5. The second-order valence-electron chi connectivity index (χ2n) is 11.7. The molecule has 0 bridgehead atoms. The Hall–Kier alpha value is -2.25. The number of aromatic nitrogens is 2. The molecule has 0 fully saturated rings. The van der Waals surface area contributed by atoms with Gasteiger partial charge in [-0.3, -0.25) is 4.79 Å². The molecule has 0 aliphatic carbocycles. The van der Waals surface area contributed by atoms with Gasteiger partial charge in [0.1, 0.15) is 6.04 Å². The van der Waals surface area contributed by atoms with Crippen LogP contribution in [0.3, 0.4) is 0 Å². The minimum absolute atomic E-state index is 0.0137. The molecule has 0 aliphatic heterocycles. The number of nitrogens with one attached hydrogen (secondary N) is 1. The average Bonchev–Trinajstić information content (AvgIpc) is 3.36. The first-order valence-corrected chi connectivity index (χ1v) is 14.8. The van der Waals surface area contributed by atoms with Gasteiger partial charge in [0.15, 0.2) is 6.29 Å². The molecule has 0 saturated heterocycles. The van der Waals surface area contributed by atoms with Gasteiger partial charge in [0, 0.05) is 17.9 Å². The zero-order chi connectivity index (χ0) is 27.8. The largest absolute Gasteiger partial charge is 0.368 e. The molecule has 214 valence electrons. The van der Waals surface area contributed by atoms with Gasteiger partial charge in [0.25, 0.3) is 0 Å². The normalized spacial score (nSPS) is 13.6. The summed E-state index contributed by atoms with van der Waals surface area (Å²) in [6, 6.07) is 9.07. The van der Waals surface area contributed by atoms with E-state index in [-0.39, 0.29) is 17.7 Å². The van der Waals surface area contributed by atoms with Crippen molar-refractivity contribution >= 4 is 5.91 Å². The summed E-state index contributed by atoms with van der Waals surface area (Å²) in [6.07, 6.45) is 14.1. The maximum absolute atomic E-state index is 13.3. The van der Waals surface area contributed by atoms with Crippen LogP contribution in [0, 0.1) is 11.3 Å². The monoisotopic (exact) mass is 529 g/mol. The van der Waals surface area contributed by atoms with Crippen LogP contribution in [-0.2, 0) is 4.79 Å². The molecule has 3 N–H and O–H groups in total.